The maximum absolute atomic E-state index is 2.46. The van der Waals surface area contributed by atoms with E-state index in [1.807, 2.05) is 0 Å². The van der Waals surface area contributed by atoms with Crippen LogP contribution in [-0.4, -0.2) is 101 Å². The fourth-order valence-electron chi connectivity index (χ4n) is 2.15. The normalized spacial score (nSPS) is 12.3. The van der Waals surface area contributed by atoms with Crippen LogP contribution >= 0.6 is 0 Å². The van der Waals surface area contributed by atoms with Crippen LogP contribution in [0.15, 0.2) is 0 Å². The Morgan fingerprint density at radius 2 is 0.684 bits per heavy atom. The Morgan fingerprint density at radius 1 is 0.421 bits per heavy atom. The molecule has 0 radical (unpaired) electrons. The van der Waals surface area contributed by atoms with Crippen molar-refractivity contribution in [2.24, 2.45) is 0 Å². The average molecular weight is 272 g/mol. The summed E-state index contributed by atoms with van der Waals surface area (Å²) in [5.41, 5.74) is 0. The summed E-state index contributed by atoms with van der Waals surface area (Å²) in [6, 6.07) is 0. The zero-order valence-electron chi connectivity index (χ0n) is 14.2. The van der Waals surface area contributed by atoms with Gasteiger partial charge in [-0.2, -0.15) is 0 Å². The van der Waals surface area contributed by atoms with Crippen LogP contribution in [0, 0.1) is 0 Å². The van der Waals surface area contributed by atoms with E-state index < -0.39 is 0 Å². The van der Waals surface area contributed by atoms with E-state index >= 15 is 0 Å². The van der Waals surface area contributed by atoms with Crippen molar-refractivity contribution in [2.75, 3.05) is 81.6 Å². The minimum Gasteiger partial charge on any atom is -0.309 e. The van der Waals surface area contributed by atoms with E-state index in [4.69, 9.17) is 0 Å². The van der Waals surface area contributed by atoms with Crippen LogP contribution in [0.4, 0.5) is 0 Å². The van der Waals surface area contributed by atoms with Gasteiger partial charge in [0.05, 0.1) is 0 Å². The lowest BCUT2D eigenvalue weighted by atomic mass is 10.3. The van der Waals surface area contributed by atoms with Crippen molar-refractivity contribution in [1.82, 2.24) is 19.6 Å². The number of nitrogens with zero attached hydrogens (tertiary/aromatic N) is 4. The maximum Gasteiger partial charge on any atom is -0.000959 e. The van der Waals surface area contributed by atoms with E-state index in [0.717, 1.165) is 0 Å². The van der Waals surface area contributed by atoms with Gasteiger partial charge in [0, 0.05) is 0 Å². The molecular weight excluding hydrogens is 236 g/mol. The van der Waals surface area contributed by atoms with Gasteiger partial charge >= 0.3 is 0 Å². The zero-order chi connectivity index (χ0) is 14.7. The van der Waals surface area contributed by atoms with E-state index in [0.29, 0.717) is 0 Å². The number of rotatable bonds is 12. The first kappa shape index (κ1) is 18.8. The van der Waals surface area contributed by atoms with Gasteiger partial charge < -0.3 is 19.6 Å². The molecule has 0 bridgehead atoms. The summed E-state index contributed by atoms with van der Waals surface area (Å²) in [6.07, 6.45) is 3.81. The van der Waals surface area contributed by atoms with Gasteiger partial charge in [0.15, 0.2) is 0 Å². The molecule has 0 spiro atoms. The van der Waals surface area contributed by atoms with Crippen LogP contribution in [0.1, 0.15) is 19.3 Å². The largest absolute Gasteiger partial charge is 0.309 e. The lowest BCUT2D eigenvalue weighted by Crippen LogP contribution is -2.29. The molecule has 0 aromatic heterocycles. The SMILES string of the molecule is CN(C)CCCN(C)CCCN(C)CCCN(C)C. The summed E-state index contributed by atoms with van der Waals surface area (Å²) < 4.78 is 0. The minimum atomic E-state index is 1.19. The van der Waals surface area contributed by atoms with Crippen molar-refractivity contribution in [3.8, 4) is 0 Å². The van der Waals surface area contributed by atoms with Gasteiger partial charge in [0.1, 0.15) is 0 Å². The molecule has 0 unspecified atom stereocenters. The van der Waals surface area contributed by atoms with Gasteiger partial charge in [-0.25, -0.2) is 0 Å². The summed E-state index contributed by atoms with van der Waals surface area (Å²) in [7, 11) is 13.0. The summed E-state index contributed by atoms with van der Waals surface area (Å²) >= 11 is 0. The number of hydrogen-bond donors (Lipinski definition) is 0. The Hall–Kier alpha value is -0.160. The van der Waals surface area contributed by atoms with Gasteiger partial charge in [-0.05, 0) is 101 Å². The van der Waals surface area contributed by atoms with Crippen molar-refractivity contribution >= 4 is 0 Å². The molecule has 0 aromatic rings. The summed E-state index contributed by atoms with van der Waals surface area (Å²) in [5, 5.41) is 0. The van der Waals surface area contributed by atoms with E-state index in [2.05, 4.69) is 61.9 Å². The highest BCUT2D eigenvalue weighted by atomic mass is 15.1. The molecule has 0 heterocycles. The van der Waals surface area contributed by atoms with E-state index in [1.165, 1.54) is 58.5 Å². The molecule has 0 aliphatic heterocycles. The fraction of sp³-hybridized carbons (Fsp3) is 1.00. The molecule has 0 fully saturated rings. The second kappa shape index (κ2) is 11.6. The van der Waals surface area contributed by atoms with Gasteiger partial charge in [-0.1, -0.05) is 0 Å². The van der Waals surface area contributed by atoms with Crippen LogP contribution in [0.5, 0.6) is 0 Å². The molecule has 0 aliphatic carbocycles. The Morgan fingerprint density at radius 3 is 0.947 bits per heavy atom. The predicted molar refractivity (Wildman–Crippen MR) is 86.0 cm³/mol. The quantitative estimate of drug-likeness (QED) is 0.528. The van der Waals surface area contributed by atoms with E-state index in [9.17, 15) is 0 Å². The Balaban J connectivity index is 3.40. The van der Waals surface area contributed by atoms with Crippen LogP contribution in [0.3, 0.4) is 0 Å². The molecule has 0 saturated carbocycles. The zero-order valence-corrected chi connectivity index (χ0v) is 14.2. The monoisotopic (exact) mass is 272 g/mol. The van der Waals surface area contributed by atoms with Crippen molar-refractivity contribution in [3.05, 3.63) is 0 Å². The highest BCUT2D eigenvalue weighted by molar-refractivity contribution is 4.58. The molecule has 4 nitrogen and oxygen atoms in total. The van der Waals surface area contributed by atoms with Gasteiger partial charge in [0.2, 0.25) is 0 Å². The predicted octanol–water partition coefficient (Wildman–Crippen LogP) is 1.14. The third-order valence-corrected chi connectivity index (χ3v) is 3.37. The first-order valence-corrected chi connectivity index (χ1v) is 7.58. The summed E-state index contributed by atoms with van der Waals surface area (Å²) in [5.74, 6) is 0. The lowest BCUT2D eigenvalue weighted by Gasteiger charge is -2.21. The minimum absolute atomic E-state index is 1.19. The first-order valence-electron chi connectivity index (χ1n) is 7.58. The third kappa shape index (κ3) is 14.1. The topological polar surface area (TPSA) is 13.0 Å². The second-order valence-electron chi connectivity index (χ2n) is 6.27. The van der Waals surface area contributed by atoms with Crippen molar-refractivity contribution in [2.45, 2.75) is 19.3 Å². The molecular formula is C15H36N4. The smallest absolute Gasteiger partial charge is 0.000959 e. The van der Waals surface area contributed by atoms with E-state index in [1.54, 1.807) is 0 Å². The van der Waals surface area contributed by atoms with Crippen molar-refractivity contribution in [3.63, 3.8) is 0 Å². The lowest BCUT2D eigenvalue weighted by molar-refractivity contribution is 0.258. The van der Waals surface area contributed by atoms with Crippen molar-refractivity contribution in [1.29, 1.82) is 0 Å². The molecule has 0 amide bonds. The first-order chi connectivity index (χ1) is 8.91. The molecule has 19 heavy (non-hydrogen) atoms. The molecule has 0 rings (SSSR count). The maximum atomic E-state index is 2.46. The molecule has 0 saturated heterocycles. The Bertz CT molecular complexity index is 175. The highest BCUT2D eigenvalue weighted by Gasteiger charge is 2.02. The molecule has 116 valence electrons. The van der Waals surface area contributed by atoms with Crippen molar-refractivity contribution < 1.29 is 0 Å². The van der Waals surface area contributed by atoms with Crippen LogP contribution in [-0.2, 0) is 0 Å². The van der Waals surface area contributed by atoms with Gasteiger partial charge in [-0.15, -0.1) is 0 Å². The van der Waals surface area contributed by atoms with Gasteiger partial charge in [-0.3, -0.25) is 0 Å². The fourth-order valence-corrected chi connectivity index (χ4v) is 2.15. The Kier molecular flexibility index (Phi) is 11.6. The highest BCUT2D eigenvalue weighted by Crippen LogP contribution is 1.95. The summed E-state index contributed by atoms with van der Waals surface area (Å²) in [6.45, 7) is 7.23. The Labute approximate surface area is 121 Å². The molecule has 0 atom stereocenters. The van der Waals surface area contributed by atoms with Gasteiger partial charge in [0.25, 0.3) is 0 Å². The second-order valence-corrected chi connectivity index (χ2v) is 6.27. The molecule has 0 N–H and O–H groups in total. The molecule has 0 aromatic carbocycles. The molecule has 0 aliphatic rings. The van der Waals surface area contributed by atoms with Crippen LogP contribution in [0.25, 0.3) is 0 Å². The molecule has 4 heteroatoms. The number of hydrogen-bond acceptors (Lipinski definition) is 4. The third-order valence-electron chi connectivity index (χ3n) is 3.37. The van der Waals surface area contributed by atoms with Crippen LogP contribution < -0.4 is 0 Å². The van der Waals surface area contributed by atoms with E-state index in [-0.39, 0.29) is 0 Å². The average Bonchev–Trinajstić information content (AvgIpc) is 2.27. The summed E-state index contributed by atoms with van der Waals surface area (Å²) in [4.78, 5) is 9.42. The standard InChI is InChI=1S/C15H36N4/c1-16(2)10-7-12-18(5)14-9-15-19(6)13-8-11-17(3)4/h7-15H2,1-6H3. The van der Waals surface area contributed by atoms with Crippen LogP contribution in [0.2, 0.25) is 0 Å².